The Balaban J connectivity index is 1.26. The third-order valence-corrected chi connectivity index (χ3v) is 8.50. The fourth-order valence-electron chi connectivity index (χ4n) is 5.60. The molecule has 0 aliphatic carbocycles. The van der Waals surface area contributed by atoms with Gasteiger partial charge in [-0.3, -0.25) is 14.5 Å². The Kier molecular flexibility index (Phi) is 7.61. The van der Waals surface area contributed by atoms with Crippen molar-refractivity contribution in [3.8, 4) is 10.4 Å². The number of hydrogen-bond donors (Lipinski definition) is 2. The van der Waals surface area contributed by atoms with E-state index < -0.39 is 18.2 Å². The fourth-order valence-corrected chi connectivity index (χ4v) is 6.41. The molecule has 200 valence electrons. The molecule has 0 bridgehead atoms. The molecule has 5 rings (SSSR count). The average Bonchev–Trinajstić information content (AvgIpc) is 3.61. The van der Waals surface area contributed by atoms with Crippen LogP contribution < -0.4 is 5.32 Å². The van der Waals surface area contributed by atoms with E-state index in [1.54, 1.807) is 17.4 Å². The Morgan fingerprint density at radius 3 is 2.61 bits per heavy atom. The number of hydrogen-bond acceptors (Lipinski definition) is 6. The first-order valence-corrected chi connectivity index (χ1v) is 13.9. The van der Waals surface area contributed by atoms with Gasteiger partial charge in [0.15, 0.2) is 0 Å². The predicted octanol–water partition coefficient (Wildman–Crippen LogP) is 3.88. The highest BCUT2D eigenvalue weighted by Crippen LogP contribution is 2.31. The monoisotopic (exact) mass is 536 g/mol. The highest BCUT2D eigenvalue weighted by Gasteiger charge is 2.44. The third-order valence-electron chi connectivity index (χ3n) is 7.52. The fraction of sp³-hybridized carbons (Fsp3) is 0.414. The zero-order valence-electron chi connectivity index (χ0n) is 21.9. The van der Waals surface area contributed by atoms with Crippen LogP contribution in [-0.2, 0) is 29.2 Å². The highest BCUT2D eigenvalue weighted by atomic mass is 32.1. The maximum Gasteiger partial charge on any atom is 0.243 e. The van der Waals surface area contributed by atoms with E-state index in [1.807, 2.05) is 61.5 Å². The molecule has 0 unspecified atom stereocenters. The molecule has 2 amide bonds. The first-order valence-electron chi connectivity index (χ1n) is 13.0. The lowest BCUT2D eigenvalue weighted by Gasteiger charge is -2.35. The molecule has 38 heavy (non-hydrogen) atoms. The van der Waals surface area contributed by atoms with Crippen molar-refractivity contribution in [1.29, 1.82) is 0 Å². The number of aliphatic hydroxyl groups excluding tert-OH is 1. The van der Waals surface area contributed by atoms with Crippen LogP contribution >= 0.6 is 11.3 Å². The van der Waals surface area contributed by atoms with Crippen molar-refractivity contribution in [3.05, 3.63) is 76.2 Å². The van der Waals surface area contributed by atoms with E-state index in [0.29, 0.717) is 25.2 Å². The first-order chi connectivity index (χ1) is 18.2. The third kappa shape index (κ3) is 5.23. The number of aromatic nitrogens is 1. The Labute approximate surface area is 226 Å². The summed E-state index contributed by atoms with van der Waals surface area (Å²) in [6.07, 6.45) is -0.571. The SMILES string of the molecule is Cc1ncsc1-c1ccc(CNC(=O)[C@@H]2C[C@@H](O)CN2C(=O)[C@H](C(C)C)N2Cc3cccc(F)c3C2)cc1. The lowest BCUT2D eigenvalue weighted by atomic mass is 10.0. The number of rotatable bonds is 7. The Bertz CT molecular complexity index is 1330. The van der Waals surface area contributed by atoms with Crippen LogP contribution in [0.5, 0.6) is 0 Å². The summed E-state index contributed by atoms with van der Waals surface area (Å²) in [5.41, 5.74) is 6.35. The van der Waals surface area contributed by atoms with E-state index in [9.17, 15) is 19.1 Å². The average molecular weight is 537 g/mol. The van der Waals surface area contributed by atoms with Crippen molar-refractivity contribution >= 4 is 23.2 Å². The van der Waals surface area contributed by atoms with Crippen molar-refractivity contribution < 1.29 is 19.1 Å². The molecule has 2 aliphatic rings. The highest BCUT2D eigenvalue weighted by molar-refractivity contribution is 7.13. The number of carbonyl (C=O) groups excluding carboxylic acids is 2. The topological polar surface area (TPSA) is 85.8 Å². The molecular weight excluding hydrogens is 503 g/mol. The summed E-state index contributed by atoms with van der Waals surface area (Å²) in [7, 11) is 0. The van der Waals surface area contributed by atoms with Crippen molar-refractivity contribution in [2.75, 3.05) is 6.54 Å². The number of fused-ring (bicyclic) bond motifs is 1. The molecule has 1 fully saturated rings. The summed E-state index contributed by atoms with van der Waals surface area (Å²) >= 11 is 1.59. The normalized spacial score (nSPS) is 20.1. The van der Waals surface area contributed by atoms with Gasteiger partial charge in [-0.2, -0.15) is 0 Å². The number of nitrogens with one attached hydrogen (secondary N) is 1. The van der Waals surface area contributed by atoms with Gasteiger partial charge in [-0.1, -0.05) is 50.2 Å². The van der Waals surface area contributed by atoms with Gasteiger partial charge >= 0.3 is 0 Å². The summed E-state index contributed by atoms with van der Waals surface area (Å²) in [6, 6.07) is 11.7. The van der Waals surface area contributed by atoms with Gasteiger partial charge in [-0.25, -0.2) is 9.37 Å². The number of likely N-dealkylation sites (tertiary alicyclic amines) is 1. The number of nitrogens with zero attached hydrogens (tertiary/aromatic N) is 3. The molecule has 0 spiro atoms. The van der Waals surface area contributed by atoms with Crippen LogP contribution in [-0.4, -0.2) is 56.4 Å². The van der Waals surface area contributed by atoms with Gasteiger partial charge < -0.3 is 15.3 Å². The number of amides is 2. The van der Waals surface area contributed by atoms with Crippen molar-refractivity contribution in [2.45, 2.75) is 65.0 Å². The zero-order chi connectivity index (χ0) is 27.0. The Morgan fingerprint density at radius 2 is 1.95 bits per heavy atom. The summed E-state index contributed by atoms with van der Waals surface area (Å²) in [5, 5.41) is 13.4. The van der Waals surface area contributed by atoms with Crippen molar-refractivity contribution in [1.82, 2.24) is 20.1 Å². The van der Waals surface area contributed by atoms with Crippen LogP contribution in [0.2, 0.25) is 0 Å². The van der Waals surface area contributed by atoms with Crippen LogP contribution in [0.3, 0.4) is 0 Å². The summed E-state index contributed by atoms with van der Waals surface area (Å²) in [4.78, 5) is 36.0. The van der Waals surface area contributed by atoms with Gasteiger partial charge in [0, 0.05) is 38.2 Å². The van der Waals surface area contributed by atoms with Crippen LogP contribution in [0.1, 0.15) is 42.7 Å². The van der Waals surface area contributed by atoms with E-state index in [2.05, 4.69) is 10.3 Å². The van der Waals surface area contributed by atoms with Gasteiger partial charge in [-0.05, 0) is 35.6 Å². The number of halogens is 1. The molecular formula is C29H33FN4O3S. The molecule has 0 saturated carbocycles. The van der Waals surface area contributed by atoms with Gasteiger partial charge in [0.1, 0.15) is 11.9 Å². The number of β-amino-alcohol motifs (C(OH)–C–C–N with tert-alkyl or cyclic N) is 1. The van der Waals surface area contributed by atoms with Crippen LogP contribution in [0.25, 0.3) is 10.4 Å². The van der Waals surface area contributed by atoms with E-state index >= 15 is 0 Å². The summed E-state index contributed by atoms with van der Waals surface area (Å²) in [6.45, 7) is 7.16. The number of aryl methyl sites for hydroxylation is 1. The summed E-state index contributed by atoms with van der Waals surface area (Å²) in [5.74, 6) is -0.796. The number of thiazole rings is 1. The van der Waals surface area contributed by atoms with Gasteiger partial charge in [0.05, 0.1) is 28.2 Å². The van der Waals surface area contributed by atoms with Gasteiger partial charge in [0.25, 0.3) is 0 Å². The molecule has 2 aromatic carbocycles. The van der Waals surface area contributed by atoms with Crippen LogP contribution in [0, 0.1) is 18.7 Å². The number of aliphatic hydroxyl groups is 1. The molecule has 3 atom stereocenters. The standard InChI is InChI=1S/C29H33FN4O3S/c1-17(2)26(33-13-21-5-4-6-24(30)23(21)15-33)29(37)34-14-22(35)11-25(34)28(36)31-12-19-7-9-20(10-8-19)27-18(3)32-16-38-27/h4-10,16-17,22,25-26,35H,11-15H2,1-3H3,(H,31,36)/t22-,25+,26+/m1/s1. The van der Waals surface area contributed by atoms with Gasteiger partial charge in [0.2, 0.25) is 11.8 Å². The minimum absolute atomic E-state index is 0.0537. The minimum atomic E-state index is -0.766. The molecule has 2 N–H and O–H groups in total. The maximum atomic E-state index is 14.4. The largest absolute Gasteiger partial charge is 0.391 e. The second-order valence-corrected chi connectivity index (χ2v) is 11.4. The Morgan fingerprint density at radius 1 is 1.18 bits per heavy atom. The Hall–Kier alpha value is -3.14. The van der Waals surface area contributed by atoms with Crippen LogP contribution in [0.4, 0.5) is 4.39 Å². The molecule has 3 heterocycles. The van der Waals surface area contributed by atoms with Crippen molar-refractivity contribution in [3.63, 3.8) is 0 Å². The second-order valence-electron chi connectivity index (χ2n) is 10.5. The second kappa shape index (κ2) is 10.9. The number of carbonyl (C=O) groups is 2. The molecule has 1 aromatic heterocycles. The molecule has 7 nitrogen and oxygen atoms in total. The van der Waals surface area contributed by atoms with E-state index in [0.717, 1.165) is 27.3 Å². The molecule has 1 saturated heterocycles. The molecule has 0 radical (unpaired) electrons. The van der Waals surface area contributed by atoms with E-state index in [1.165, 1.54) is 11.0 Å². The quantitative estimate of drug-likeness (QED) is 0.479. The number of benzene rings is 2. The lowest BCUT2D eigenvalue weighted by Crippen LogP contribution is -2.54. The first kappa shape index (κ1) is 26.5. The predicted molar refractivity (Wildman–Crippen MR) is 145 cm³/mol. The maximum absolute atomic E-state index is 14.4. The van der Waals surface area contributed by atoms with Gasteiger partial charge in [-0.15, -0.1) is 11.3 Å². The smallest absolute Gasteiger partial charge is 0.243 e. The molecule has 3 aromatic rings. The van der Waals surface area contributed by atoms with E-state index in [4.69, 9.17) is 0 Å². The lowest BCUT2D eigenvalue weighted by molar-refractivity contribution is -0.144. The van der Waals surface area contributed by atoms with Crippen molar-refractivity contribution in [2.24, 2.45) is 5.92 Å². The molecule has 2 aliphatic heterocycles. The summed E-state index contributed by atoms with van der Waals surface area (Å²) < 4.78 is 14.4. The minimum Gasteiger partial charge on any atom is -0.391 e. The molecule has 9 heteroatoms. The zero-order valence-corrected chi connectivity index (χ0v) is 22.7. The van der Waals surface area contributed by atoms with Crippen LogP contribution in [0.15, 0.2) is 48.0 Å². The van der Waals surface area contributed by atoms with E-state index in [-0.39, 0.29) is 36.5 Å².